The number of nitrogens with two attached hydrogens (primary N) is 1. The number of ether oxygens (including phenoxy) is 3. The molecule has 2 amide bonds. The zero-order valence-electron chi connectivity index (χ0n) is 40.3. The van der Waals surface area contributed by atoms with Gasteiger partial charge in [-0.05, 0) is 68.0 Å². The molecule has 0 aliphatic heterocycles. The quantitative estimate of drug-likeness (QED) is 0.0388. The predicted octanol–water partition coefficient (Wildman–Crippen LogP) is 12.9. The lowest BCUT2D eigenvalue weighted by Crippen LogP contribution is -2.49. The van der Waals surface area contributed by atoms with Crippen LogP contribution in [0.5, 0.6) is 5.75 Å². The van der Waals surface area contributed by atoms with Crippen molar-refractivity contribution in [3.8, 4) is 5.75 Å². The molecule has 2 unspecified atom stereocenters. The van der Waals surface area contributed by atoms with E-state index >= 15 is 0 Å². The minimum atomic E-state index is -0.679. The van der Waals surface area contributed by atoms with E-state index in [-0.39, 0.29) is 24.3 Å². The number of nitrogens with one attached hydrogen (secondary N) is 3. The van der Waals surface area contributed by atoms with Gasteiger partial charge in [0.2, 0.25) is 11.8 Å². The van der Waals surface area contributed by atoms with Crippen LogP contribution >= 0.6 is 0 Å². The maximum Gasteiger partial charge on any atom is 0.242 e. The molecule has 0 saturated heterocycles. The molecular formula is C54H92N4O5. The molecule has 0 aliphatic carbocycles. The molecule has 0 bridgehead atoms. The van der Waals surface area contributed by atoms with Gasteiger partial charge in [-0.25, -0.2) is 0 Å². The van der Waals surface area contributed by atoms with E-state index in [1.807, 2.05) is 36.5 Å². The van der Waals surface area contributed by atoms with Crippen molar-refractivity contribution in [2.24, 2.45) is 5.73 Å². The van der Waals surface area contributed by atoms with E-state index in [1.165, 1.54) is 135 Å². The number of aromatic nitrogens is 1. The first kappa shape index (κ1) is 55.7. The molecule has 0 radical (unpaired) electrons. The highest BCUT2D eigenvalue weighted by Gasteiger charge is 2.23. The fraction of sp³-hybridized carbons (Fsp3) is 0.704. The standard InChI is InChI=1S/C54H92N4O5/c1-5-8-11-13-15-17-19-21-23-25-27-31-38-61-45-49(62-39-32-28-26-24-22-20-18-16-14-12-9-6-2)43-57-54(60)52(34-29-30-37-55)58-53(59)40-47-42-56-51-36-35-48(41-50(47)51)63-44-46(4)33-10-7-3/h7,10,33,35-36,41-42,49,52,56H,3-6,8-9,11-32,34,37-40,43-45,55H2,1-2H3,(H,57,60)(H,58,59)/b33-10-. The zero-order chi connectivity index (χ0) is 45.4. The molecule has 0 aliphatic rings. The average molecular weight is 877 g/mol. The Labute approximate surface area is 384 Å². The predicted molar refractivity (Wildman–Crippen MR) is 267 cm³/mol. The number of carbonyl (C=O) groups is 2. The van der Waals surface area contributed by atoms with E-state index in [1.54, 1.807) is 6.08 Å². The Hall–Kier alpha value is -3.40. The maximum absolute atomic E-state index is 13.7. The SMILES string of the molecule is C=C/C=C\C(=C)COc1ccc2[nH]cc(CC(=O)NC(CCCCN)C(=O)NCC(COCCCCCCCCCCCCCC)OCCCCCCCCCCCCCC)c2c1. The van der Waals surface area contributed by atoms with Crippen molar-refractivity contribution >= 4 is 22.7 Å². The van der Waals surface area contributed by atoms with Crippen LogP contribution in [0.2, 0.25) is 0 Å². The Morgan fingerprint density at radius 3 is 1.90 bits per heavy atom. The molecule has 5 N–H and O–H groups in total. The van der Waals surface area contributed by atoms with E-state index in [9.17, 15) is 9.59 Å². The minimum Gasteiger partial charge on any atom is -0.489 e. The van der Waals surface area contributed by atoms with Gasteiger partial charge in [-0.1, -0.05) is 186 Å². The van der Waals surface area contributed by atoms with Gasteiger partial charge >= 0.3 is 0 Å². The molecule has 0 saturated carbocycles. The summed E-state index contributed by atoms with van der Waals surface area (Å²) in [6.07, 6.45) is 40.4. The van der Waals surface area contributed by atoms with Crippen molar-refractivity contribution < 1.29 is 23.8 Å². The first-order valence-corrected chi connectivity index (χ1v) is 25.6. The van der Waals surface area contributed by atoms with Gasteiger partial charge in [0.05, 0.1) is 19.1 Å². The first-order valence-electron chi connectivity index (χ1n) is 25.6. The Morgan fingerprint density at radius 2 is 1.33 bits per heavy atom. The largest absolute Gasteiger partial charge is 0.489 e. The molecule has 0 fully saturated rings. The van der Waals surface area contributed by atoms with Crippen molar-refractivity contribution in [1.82, 2.24) is 15.6 Å². The number of aromatic amines is 1. The smallest absolute Gasteiger partial charge is 0.242 e. The Morgan fingerprint density at radius 1 is 0.762 bits per heavy atom. The lowest BCUT2D eigenvalue weighted by Gasteiger charge is -2.22. The number of benzene rings is 1. The van der Waals surface area contributed by atoms with Gasteiger partial charge in [0.15, 0.2) is 0 Å². The van der Waals surface area contributed by atoms with Crippen LogP contribution in [0.25, 0.3) is 10.9 Å². The van der Waals surface area contributed by atoms with Crippen molar-refractivity contribution in [2.75, 3.05) is 39.5 Å². The summed E-state index contributed by atoms with van der Waals surface area (Å²) in [7, 11) is 0. The molecule has 358 valence electrons. The Balaban J connectivity index is 1.88. The number of rotatable bonds is 44. The van der Waals surface area contributed by atoms with Crippen LogP contribution in [0.15, 0.2) is 61.4 Å². The van der Waals surface area contributed by atoms with Crippen LogP contribution < -0.4 is 21.1 Å². The van der Waals surface area contributed by atoms with Gasteiger partial charge in [-0.2, -0.15) is 0 Å². The third kappa shape index (κ3) is 28.9. The van der Waals surface area contributed by atoms with Gasteiger partial charge in [0.25, 0.3) is 0 Å². The minimum absolute atomic E-state index is 0.122. The number of fused-ring (bicyclic) bond motifs is 1. The van der Waals surface area contributed by atoms with Gasteiger partial charge in [0, 0.05) is 36.9 Å². The average Bonchev–Trinajstić information content (AvgIpc) is 3.68. The topological polar surface area (TPSA) is 128 Å². The Bertz CT molecular complexity index is 1490. The van der Waals surface area contributed by atoms with Crippen molar-refractivity contribution in [1.29, 1.82) is 0 Å². The highest BCUT2D eigenvalue weighted by Crippen LogP contribution is 2.25. The van der Waals surface area contributed by atoms with E-state index < -0.39 is 6.04 Å². The number of allylic oxidation sites excluding steroid dienone is 2. The number of hydrogen-bond donors (Lipinski definition) is 4. The van der Waals surface area contributed by atoms with Gasteiger partial charge in [-0.15, -0.1) is 0 Å². The number of H-pyrrole nitrogens is 1. The van der Waals surface area contributed by atoms with Crippen molar-refractivity contribution in [3.63, 3.8) is 0 Å². The lowest BCUT2D eigenvalue weighted by atomic mass is 10.1. The molecule has 9 nitrogen and oxygen atoms in total. The summed E-state index contributed by atoms with van der Waals surface area (Å²) >= 11 is 0. The molecule has 9 heteroatoms. The molecule has 0 spiro atoms. The summed E-state index contributed by atoms with van der Waals surface area (Å²) in [4.78, 5) is 30.5. The first-order chi connectivity index (χ1) is 30.9. The number of amides is 2. The van der Waals surface area contributed by atoms with Crippen LogP contribution in [0, 0.1) is 0 Å². The summed E-state index contributed by atoms with van der Waals surface area (Å²) < 4.78 is 18.5. The second-order valence-corrected chi connectivity index (χ2v) is 17.7. The van der Waals surface area contributed by atoms with Gasteiger partial charge in [0.1, 0.15) is 18.4 Å². The van der Waals surface area contributed by atoms with Gasteiger partial charge < -0.3 is 35.6 Å². The molecule has 2 atom stereocenters. The van der Waals surface area contributed by atoms with Crippen LogP contribution in [0.3, 0.4) is 0 Å². The van der Waals surface area contributed by atoms with E-state index in [4.69, 9.17) is 19.9 Å². The monoisotopic (exact) mass is 877 g/mol. The van der Waals surface area contributed by atoms with Gasteiger partial charge in [-0.3, -0.25) is 9.59 Å². The Kier molecular flexibility index (Phi) is 34.5. The molecule has 63 heavy (non-hydrogen) atoms. The van der Waals surface area contributed by atoms with Crippen LogP contribution in [-0.4, -0.2) is 68.5 Å². The number of hydrogen-bond acceptors (Lipinski definition) is 6. The summed E-state index contributed by atoms with van der Waals surface area (Å²) in [6, 6.07) is 5.09. The number of carbonyl (C=O) groups excluding carboxylic acids is 2. The fourth-order valence-electron chi connectivity index (χ4n) is 7.96. The normalized spacial score (nSPS) is 12.5. The third-order valence-electron chi connectivity index (χ3n) is 11.9. The van der Waals surface area contributed by atoms with Crippen LogP contribution in [0.1, 0.15) is 193 Å². The molecule has 1 aromatic carbocycles. The second kappa shape index (κ2) is 39.0. The molecule has 2 rings (SSSR count). The highest BCUT2D eigenvalue weighted by atomic mass is 16.5. The lowest BCUT2D eigenvalue weighted by molar-refractivity contribution is -0.129. The molecule has 2 aromatic rings. The van der Waals surface area contributed by atoms with E-state index in [0.29, 0.717) is 51.7 Å². The maximum atomic E-state index is 13.7. The van der Waals surface area contributed by atoms with E-state index in [2.05, 4.69) is 42.6 Å². The second-order valence-electron chi connectivity index (χ2n) is 17.7. The van der Waals surface area contributed by atoms with Crippen LogP contribution in [0.4, 0.5) is 0 Å². The summed E-state index contributed by atoms with van der Waals surface area (Å²) in [6.45, 7) is 15.2. The van der Waals surface area contributed by atoms with Crippen LogP contribution in [-0.2, 0) is 25.5 Å². The van der Waals surface area contributed by atoms with Crippen molar-refractivity contribution in [2.45, 2.75) is 206 Å². The third-order valence-corrected chi connectivity index (χ3v) is 11.9. The summed E-state index contributed by atoms with van der Waals surface area (Å²) in [5.74, 6) is 0.258. The fourth-order valence-corrected chi connectivity index (χ4v) is 7.96. The van der Waals surface area contributed by atoms with E-state index in [0.717, 1.165) is 54.1 Å². The molecular weight excluding hydrogens is 785 g/mol. The highest BCUT2D eigenvalue weighted by molar-refractivity contribution is 5.92. The summed E-state index contributed by atoms with van der Waals surface area (Å²) in [5, 5.41) is 7.05. The zero-order valence-corrected chi connectivity index (χ0v) is 40.3. The number of unbranched alkanes of at least 4 members (excludes halogenated alkanes) is 23. The summed E-state index contributed by atoms with van der Waals surface area (Å²) in [5.41, 5.74) is 8.37. The molecule has 1 aromatic heterocycles. The van der Waals surface area contributed by atoms with Crippen molar-refractivity contribution in [3.05, 3.63) is 66.9 Å². The molecule has 1 heterocycles.